The van der Waals surface area contributed by atoms with Crippen LogP contribution in [0.2, 0.25) is 0 Å². The Kier molecular flexibility index (Phi) is 6.72. The molecule has 3 heterocycles. The molecule has 0 unspecified atom stereocenters. The Morgan fingerprint density at radius 3 is 2.65 bits per heavy atom. The number of furan rings is 1. The minimum absolute atomic E-state index is 0.0359. The molecule has 3 N–H and O–H groups in total. The van der Waals surface area contributed by atoms with Gasteiger partial charge in [-0.3, -0.25) is 24.0 Å². The molecule has 4 aromatic rings. The molecule has 0 saturated heterocycles. The Morgan fingerprint density at radius 2 is 2.00 bits per heavy atom. The first-order chi connectivity index (χ1) is 16.5. The van der Waals surface area contributed by atoms with Gasteiger partial charge in [0, 0.05) is 12.1 Å². The van der Waals surface area contributed by atoms with Gasteiger partial charge in [-0.15, -0.1) is 0 Å². The fraction of sp³-hybridized carbons (Fsp3) is 0.261. The van der Waals surface area contributed by atoms with Crippen molar-refractivity contribution < 1.29 is 9.21 Å². The average Bonchev–Trinajstić information content (AvgIpc) is 3.53. The molecule has 1 amide bonds. The first-order valence-electron chi connectivity index (χ1n) is 10.9. The normalized spacial score (nSPS) is 11.0. The number of nitrogen functional groups attached to an aromatic ring is 1. The third-order valence-corrected chi connectivity index (χ3v) is 5.37. The molecule has 0 spiro atoms. The van der Waals surface area contributed by atoms with Crippen LogP contribution in [-0.2, 0) is 19.6 Å². The zero-order valence-electron chi connectivity index (χ0n) is 18.7. The number of aromatic nitrogens is 5. The number of anilines is 2. The number of nitrogens with zero attached hydrogens (tertiary/aromatic N) is 5. The van der Waals surface area contributed by atoms with Gasteiger partial charge in [0.05, 0.1) is 19.4 Å². The topological polar surface area (TPSA) is 145 Å². The summed E-state index contributed by atoms with van der Waals surface area (Å²) < 4.78 is 8.36. The molecule has 11 heteroatoms. The molecule has 0 radical (unpaired) electrons. The van der Waals surface area contributed by atoms with E-state index in [1.54, 1.807) is 47.4 Å². The van der Waals surface area contributed by atoms with Crippen molar-refractivity contribution in [2.45, 2.75) is 39.4 Å². The Hall–Kier alpha value is -4.41. The van der Waals surface area contributed by atoms with Crippen LogP contribution in [0.4, 0.5) is 11.5 Å². The first-order valence-corrected chi connectivity index (χ1v) is 10.9. The highest BCUT2D eigenvalue weighted by Gasteiger charge is 2.26. The van der Waals surface area contributed by atoms with Crippen molar-refractivity contribution >= 4 is 17.4 Å². The number of amides is 1. The maximum atomic E-state index is 13.6. The average molecular weight is 463 g/mol. The summed E-state index contributed by atoms with van der Waals surface area (Å²) in [6, 6.07) is 10.3. The molecule has 34 heavy (non-hydrogen) atoms. The van der Waals surface area contributed by atoms with E-state index in [1.165, 1.54) is 22.1 Å². The van der Waals surface area contributed by atoms with Crippen molar-refractivity contribution in [1.29, 1.82) is 0 Å². The van der Waals surface area contributed by atoms with Crippen LogP contribution < -0.4 is 21.9 Å². The zero-order chi connectivity index (χ0) is 24.1. The highest BCUT2D eigenvalue weighted by molar-refractivity contribution is 6.07. The van der Waals surface area contributed by atoms with Gasteiger partial charge in [0.1, 0.15) is 24.2 Å². The SMILES string of the molecule is CCCCn1c(N)c(N(Cc2ccco2)C(=O)c2ccc(Cn3cncn3)cc2)c(=O)[nH]c1=O. The second-order valence-corrected chi connectivity index (χ2v) is 7.76. The number of carbonyl (C=O) groups is 1. The molecule has 0 aliphatic heterocycles. The fourth-order valence-electron chi connectivity index (χ4n) is 3.60. The van der Waals surface area contributed by atoms with Crippen LogP contribution in [0.25, 0.3) is 0 Å². The van der Waals surface area contributed by atoms with Crippen molar-refractivity contribution in [2.24, 2.45) is 0 Å². The third kappa shape index (κ3) is 4.82. The number of carbonyl (C=O) groups excluding carboxylic acids is 1. The third-order valence-electron chi connectivity index (χ3n) is 5.37. The Bertz CT molecular complexity index is 1350. The molecule has 0 aliphatic carbocycles. The van der Waals surface area contributed by atoms with Crippen molar-refractivity contribution in [2.75, 3.05) is 10.6 Å². The predicted molar refractivity (Wildman–Crippen MR) is 125 cm³/mol. The minimum atomic E-state index is -0.738. The van der Waals surface area contributed by atoms with Gasteiger partial charge in [-0.05, 0) is 36.2 Å². The van der Waals surface area contributed by atoms with Crippen LogP contribution in [0.15, 0.2) is 69.3 Å². The number of benzene rings is 1. The van der Waals surface area contributed by atoms with Gasteiger partial charge in [-0.25, -0.2) is 14.5 Å². The van der Waals surface area contributed by atoms with E-state index in [2.05, 4.69) is 15.1 Å². The van der Waals surface area contributed by atoms with Crippen LogP contribution in [0.1, 0.15) is 41.4 Å². The lowest BCUT2D eigenvalue weighted by Gasteiger charge is -2.24. The van der Waals surface area contributed by atoms with Crippen molar-refractivity contribution in [1.82, 2.24) is 24.3 Å². The Morgan fingerprint density at radius 1 is 1.21 bits per heavy atom. The van der Waals surface area contributed by atoms with Gasteiger partial charge in [0.2, 0.25) is 0 Å². The maximum Gasteiger partial charge on any atom is 0.330 e. The van der Waals surface area contributed by atoms with Crippen LogP contribution in [-0.4, -0.2) is 30.2 Å². The van der Waals surface area contributed by atoms with Crippen molar-refractivity contribution in [3.05, 3.63) is 93.0 Å². The number of aromatic amines is 1. The van der Waals surface area contributed by atoms with E-state index in [0.717, 1.165) is 12.0 Å². The van der Waals surface area contributed by atoms with E-state index in [-0.39, 0.29) is 18.1 Å². The number of nitrogens with one attached hydrogen (secondary N) is 1. The van der Waals surface area contributed by atoms with Gasteiger partial charge >= 0.3 is 5.69 Å². The Balaban J connectivity index is 1.71. The minimum Gasteiger partial charge on any atom is -0.467 e. The van der Waals surface area contributed by atoms with Crippen LogP contribution in [0, 0.1) is 0 Å². The van der Waals surface area contributed by atoms with Crippen molar-refractivity contribution in [3.8, 4) is 0 Å². The van der Waals surface area contributed by atoms with Gasteiger partial charge in [0.25, 0.3) is 11.5 Å². The number of hydrogen-bond donors (Lipinski definition) is 2. The van der Waals surface area contributed by atoms with E-state index in [0.29, 0.717) is 30.8 Å². The lowest BCUT2D eigenvalue weighted by Crippen LogP contribution is -2.41. The van der Waals surface area contributed by atoms with Gasteiger partial charge in [-0.2, -0.15) is 5.10 Å². The van der Waals surface area contributed by atoms with E-state index in [1.807, 2.05) is 6.92 Å². The van der Waals surface area contributed by atoms with Gasteiger partial charge in [-0.1, -0.05) is 25.5 Å². The number of H-pyrrole nitrogens is 1. The molecule has 4 rings (SSSR count). The molecule has 1 aromatic carbocycles. The summed E-state index contributed by atoms with van der Waals surface area (Å²) in [4.78, 5) is 46.2. The lowest BCUT2D eigenvalue weighted by molar-refractivity contribution is 0.0983. The summed E-state index contributed by atoms with van der Waals surface area (Å²) in [5.41, 5.74) is 6.10. The van der Waals surface area contributed by atoms with Crippen LogP contribution >= 0.6 is 0 Å². The summed E-state index contributed by atoms with van der Waals surface area (Å²) in [5, 5.41) is 4.07. The molecule has 0 aliphatic rings. The van der Waals surface area contributed by atoms with Crippen LogP contribution in [0.3, 0.4) is 0 Å². The smallest absolute Gasteiger partial charge is 0.330 e. The van der Waals surface area contributed by atoms with Crippen molar-refractivity contribution in [3.63, 3.8) is 0 Å². The summed E-state index contributed by atoms with van der Waals surface area (Å²) in [6.45, 7) is 2.77. The molecule has 11 nitrogen and oxygen atoms in total. The monoisotopic (exact) mass is 463 g/mol. The summed E-state index contributed by atoms with van der Waals surface area (Å²) in [6.07, 6.45) is 6.05. The van der Waals surface area contributed by atoms with E-state index < -0.39 is 17.2 Å². The van der Waals surface area contributed by atoms with Gasteiger partial charge < -0.3 is 10.2 Å². The van der Waals surface area contributed by atoms with Crippen LogP contribution in [0.5, 0.6) is 0 Å². The predicted octanol–water partition coefficient (Wildman–Crippen LogP) is 2.00. The number of unbranched alkanes of at least 4 members (excludes halogenated alkanes) is 1. The lowest BCUT2D eigenvalue weighted by atomic mass is 10.1. The highest BCUT2D eigenvalue weighted by atomic mass is 16.3. The van der Waals surface area contributed by atoms with E-state index in [9.17, 15) is 14.4 Å². The molecule has 176 valence electrons. The molecule has 0 atom stereocenters. The number of hydrogen-bond acceptors (Lipinski definition) is 7. The molecule has 0 bridgehead atoms. The molecule has 0 saturated carbocycles. The Labute approximate surface area is 194 Å². The number of rotatable bonds is 9. The second-order valence-electron chi connectivity index (χ2n) is 7.76. The van der Waals surface area contributed by atoms with E-state index in [4.69, 9.17) is 10.2 Å². The first kappa shape index (κ1) is 22.8. The highest BCUT2D eigenvalue weighted by Crippen LogP contribution is 2.23. The summed E-state index contributed by atoms with van der Waals surface area (Å²) in [5.74, 6) is -0.0623. The zero-order valence-corrected chi connectivity index (χ0v) is 18.7. The molecular formula is C23H25N7O4. The molecular weight excluding hydrogens is 438 g/mol. The molecule has 0 fully saturated rings. The molecule has 3 aromatic heterocycles. The second kappa shape index (κ2) is 10.0. The summed E-state index contributed by atoms with van der Waals surface area (Å²) >= 11 is 0. The standard InChI is InChI=1S/C23H25N7O4/c1-2-3-10-29-20(24)19(21(31)27-23(29)33)30(13-18-5-4-11-34-18)22(32)17-8-6-16(7-9-17)12-28-15-25-14-26-28/h4-9,11,14-15H,2-3,10,12-13,24H2,1H3,(H,27,31,33). The fourth-order valence-corrected chi connectivity index (χ4v) is 3.60. The van der Waals surface area contributed by atoms with E-state index >= 15 is 0 Å². The largest absolute Gasteiger partial charge is 0.467 e. The summed E-state index contributed by atoms with van der Waals surface area (Å²) in [7, 11) is 0. The van der Waals surface area contributed by atoms with Gasteiger partial charge in [0.15, 0.2) is 5.69 Å². The number of nitrogens with two attached hydrogens (primary N) is 1. The quantitative estimate of drug-likeness (QED) is 0.386. The maximum absolute atomic E-state index is 13.6.